The number of rotatable bonds is 0. The molecule has 2 nitrogen and oxygen atoms in total. The van der Waals surface area contributed by atoms with Crippen LogP contribution in [0.25, 0.3) is 0 Å². The molecule has 0 amide bonds. The maximum Gasteiger partial charge on any atom is 0.0743 e. The Morgan fingerprint density at radius 1 is 1.30 bits per heavy atom. The minimum absolute atomic E-state index is 0.843. The van der Waals surface area contributed by atoms with Gasteiger partial charge in [-0.25, -0.2) is 0 Å². The average molecular weight is 158 g/mol. The van der Waals surface area contributed by atoms with Crippen molar-refractivity contribution in [3.8, 4) is 0 Å². The highest BCUT2D eigenvalue weighted by molar-refractivity contribution is 7.06. The Labute approximate surface area is 66.2 Å². The molecule has 3 heteroatoms. The molecule has 0 atom stereocenters. The molecule has 0 aliphatic heterocycles. The molecule has 0 aromatic carbocycles. The highest BCUT2D eigenvalue weighted by atomic mass is 32.1. The fourth-order valence-corrected chi connectivity index (χ4v) is 1.11. The summed E-state index contributed by atoms with van der Waals surface area (Å²) in [5.74, 6) is 0. The second-order valence-electron chi connectivity index (χ2n) is 1.74. The minimum atomic E-state index is 0.843. The van der Waals surface area contributed by atoms with E-state index in [0.29, 0.717) is 0 Å². The standard InChI is InChI=1S/C5H8N2S.C2H6/c1-3-5(6)4(2)8-7-3;1-2/h6H2,1-2H3;1-2H3. The van der Waals surface area contributed by atoms with E-state index in [-0.39, 0.29) is 0 Å². The maximum atomic E-state index is 5.55. The van der Waals surface area contributed by atoms with Crippen LogP contribution in [-0.2, 0) is 0 Å². The summed E-state index contributed by atoms with van der Waals surface area (Å²) in [4.78, 5) is 1.11. The van der Waals surface area contributed by atoms with E-state index in [1.807, 2.05) is 27.7 Å². The molecule has 1 aromatic heterocycles. The average Bonchev–Trinajstić information content (AvgIpc) is 2.25. The fourth-order valence-electron chi connectivity index (χ4n) is 0.490. The lowest BCUT2D eigenvalue weighted by Gasteiger charge is -1.84. The van der Waals surface area contributed by atoms with Gasteiger partial charge < -0.3 is 5.73 Å². The summed E-state index contributed by atoms with van der Waals surface area (Å²) < 4.78 is 4.03. The number of nitrogens with zero attached hydrogens (tertiary/aromatic N) is 1. The Hall–Kier alpha value is -0.570. The van der Waals surface area contributed by atoms with Gasteiger partial charge in [-0.05, 0) is 25.4 Å². The van der Waals surface area contributed by atoms with Gasteiger partial charge in [-0.1, -0.05) is 13.8 Å². The Morgan fingerprint density at radius 2 is 1.80 bits per heavy atom. The maximum absolute atomic E-state index is 5.55. The van der Waals surface area contributed by atoms with E-state index in [2.05, 4.69) is 4.37 Å². The van der Waals surface area contributed by atoms with Crippen LogP contribution in [0.5, 0.6) is 0 Å². The van der Waals surface area contributed by atoms with Gasteiger partial charge >= 0.3 is 0 Å². The van der Waals surface area contributed by atoms with Gasteiger partial charge in [0, 0.05) is 4.88 Å². The second-order valence-corrected chi connectivity index (χ2v) is 2.72. The van der Waals surface area contributed by atoms with E-state index < -0.39 is 0 Å². The molecule has 0 saturated carbocycles. The van der Waals surface area contributed by atoms with Gasteiger partial charge in [0.05, 0.1) is 11.4 Å². The first-order chi connectivity index (χ1) is 4.72. The van der Waals surface area contributed by atoms with Crippen LogP contribution in [-0.4, -0.2) is 4.37 Å². The normalized spacial score (nSPS) is 8.40. The quantitative estimate of drug-likeness (QED) is 0.629. The molecule has 0 spiro atoms. The van der Waals surface area contributed by atoms with E-state index in [0.717, 1.165) is 16.3 Å². The summed E-state index contributed by atoms with van der Waals surface area (Å²) in [5.41, 5.74) is 7.34. The van der Waals surface area contributed by atoms with Gasteiger partial charge in [0.2, 0.25) is 0 Å². The number of hydrogen-bond donors (Lipinski definition) is 1. The third-order valence-electron chi connectivity index (χ3n) is 1.09. The Kier molecular flexibility index (Phi) is 4.03. The van der Waals surface area contributed by atoms with Crippen molar-refractivity contribution >= 4 is 17.2 Å². The Morgan fingerprint density at radius 3 is 1.90 bits per heavy atom. The first kappa shape index (κ1) is 9.43. The number of aryl methyl sites for hydroxylation is 2. The predicted octanol–water partition coefficient (Wildman–Crippen LogP) is 2.37. The highest BCUT2D eigenvalue weighted by Crippen LogP contribution is 2.17. The number of anilines is 1. The van der Waals surface area contributed by atoms with Crippen molar-refractivity contribution in [2.24, 2.45) is 0 Å². The lowest BCUT2D eigenvalue weighted by molar-refractivity contribution is 1.34. The van der Waals surface area contributed by atoms with Gasteiger partial charge in [0.1, 0.15) is 0 Å². The van der Waals surface area contributed by atoms with Crippen molar-refractivity contribution in [2.75, 3.05) is 5.73 Å². The second kappa shape index (κ2) is 4.28. The topological polar surface area (TPSA) is 38.9 Å². The molecule has 0 bridgehead atoms. The minimum Gasteiger partial charge on any atom is -0.396 e. The number of nitrogens with two attached hydrogens (primary N) is 1. The first-order valence-corrected chi connectivity index (χ1v) is 4.17. The SMILES string of the molecule is CC.Cc1nsc(C)c1N. The molecule has 0 radical (unpaired) electrons. The van der Waals surface area contributed by atoms with Crippen LogP contribution in [0.2, 0.25) is 0 Å². The van der Waals surface area contributed by atoms with Gasteiger partial charge in [0.15, 0.2) is 0 Å². The molecular formula is C7H14N2S. The summed E-state index contributed by atoms with van der Waals surface area (Å²) in [6.45, 7) is 7.89. The van der Waals surface area contributed by atoms with E-state index >= 15 is 0 Å². The molecule has 0 aliphatic carbocycles. The molecule has 0 saturated heterocycles. The van der Waals surface area contributed by atoms with Crippen LogP contribution in [0.1, 0.15) is 24.4 Å². The van der Waals surface area contributed by atoms with Crippen LogP contribution < -0.4 is 5.73 Å². The number of aromatic nitrogens is 1. The zero-order chi connectivity index (χ0) is 8.15. The number of nitrogen functional groups attached to an aromatic ring is 1. The van der Waals surface area contributed by atoms with E-state index in [9.17, 15) is 0 Å². The van der Waals surface area contributed by atoms with Crippen LogP contribution in [0, 0.1) is 13.8 Å². The fraction of sp³-hybridized carbons (Fsp3) is 0.571. The van der Waals surface area contributed by atoms with Crippen molar-refractivity contribution in [3.63, 3.8) is 0 Å². The molecule has 2 N–H and O–H groups in total. The first-order valence-electron chi connectivity index (χ1n) is 3.40. The smallest absolute Gasteiger partial charge is 0.0743 e. The largest absolute Gasteiger partial charge is 0.396 e. The summed E-state index contributed by atoms with van der Waals surface area (Å²) in [7, 11) is 0. The van der Waals surface area contributed by atoms with Crippen molar-refractivity contribution in [1.82, 2.24) is 4.37 Å². The zero-order valence-corrected chi connectivity index (χ0v) is 7.75. The van der Waals surface area contributed by atoms with Gasteiger partial charge in [-0.15, -0.1) is 0 Å². The third kappa shape index (κ3) is 1.99. The lowest BCUT2D eigenvalue weighted by atomic mass is 10.3. The van der Waals surface area contributed by atoms with Crippen LogP contribution in [0.3, 0.4) is 0 Å². The molecule has 1 aromatic rings. The molecule has 10 heavy (non-hydrogen) atoms. The third-order valence-corrected chi connectivity index (χ3v) is 1.95. The van der Waals surface area contributed by atoms with Crippen molar-refractivity contribution < 1.29 is 0 Å². The van der Waals surface area contributed by atoms with E-state index in [1.165, 1.54) is 11.5 Å². The Balaban J connectivity index is 0.000000371. The van der Waals surface area contributed by atoms with Crippen molar-refractivity contribution in [2.45, 2.75) is 27.7 Å². The molecule has 0 aliphatic rings. The Bertz CT molecular complexity index is 174. The zero-order valence-electron chi connectivity index (χ0n) is 6.93. The van der Waals surface area contributed by atoms with Crippen LogP contribution in [0.15, 0.2) is 0 Å². The van der Waals surface area contributed by atoms with Crippen molar-refractivity contribution in [1.29, 1.82) is 0 Å². The summed E-state index contributed by atoms with van der Waals surface area (Å²) in [5, 5.41) is 0. The predicted molar refractivity (Wildman–Crippen MR) is 47.3 cm³/mol. The van der Waals surface area contributed by atoms with E-state index in [1.54, 1.807) is 0 Å². The molecule has 1 heterocycles. The lowest BCUT2D eigenvalue weighted by Crippen LogP contribution is -1.85. The number of hydrogen-bond acceptors (Lipinski definition) is 3. The van der Waals surface area contributed by atoms with Crippen molar-refractivity contribution in [3.05, 3.63) is 10.6 Å². The van der Waals surface area contributed by atoms with Gasteiger partial charge in [-0.2, -0.15) is 4.37 Å². The summed E-state index contributed by atoms with van der Waals surface area (Å²) in [6.07, 6.45) is 0. The molecule has 0 fully saturated rings. The summed E-state index contributed by atoms with van der Waals surface area (Å²) in [6, 6.07) is 0. The summed E-state index contributed by atoms with van der Waals surface area (Å²) >= 11 is 1.46. The van der Waals surface area contributed by atoms with Gasteiger partial charge in [-0.3, -0.25) is 0 Å². The van der Waals surface area contributed by atoms with Gasteiger partial charge in [0.25, 0.3) is 0 Å². The monoisotopic (exact) mass is 158 g/mol. The molecular weight excluding hydrogens is 144 g/mol. The van der Waals surface area contributed by atoms with Crippen LogP contribution >= 0.6 is 11.5 Å². The highest BCUT2D eigenvalue weighted by Gasteiger charge is 1.98. The van der Waals surface area contributed by atoms with E-state index in [4.69, 9.17) is 5.73 Å². The molecule has 1 rings (SSSR count). The molecule has 58 valence electrons. The molecule has 0 unspecified atom stereocenters. The van der Waals surface area contributed by atoms with Crippen LogP contribution in [0.4, 0.5) is 5.69 Å².